The summed E-state index contributed by atoms with van der Waals surface area (Å²) in [7, 11) is -1.03. The zero-order chi connectivity index (χ0) is 17.2. The highest BCUT2D eigenvalue weighted by atomic mass is 32.2. The standard InChI is InChI=1S/C17H21N3O3S/c1-20(14-8-11-24(22,23)12-14)10-7-16(21)19-15-6-2-4-13-5-3-9-18-17(13)15/h2-6,9,14H,7-8,10-12H2,1H3,(H,19,21). The van der Waals surface area contributed by atoms with Crippen molar-refractivity contribution in [3.63, 3.8) is 0 Å². The van der Waals surface area contributed by atoms with Crippen molar-refractivity contribution in [2.75, 3.05) is 30.4 Å². The summed E-state index contributed by atoms with van der Waals surface area (Å²) in [5, 5.41) is 3.88. The lowest BCUT2D eigenvalue weighted by Gasteiger charge is -2.22. The van der Waals surface area contributed by atoms with Crippen molar-refractivity contribution in [2.24, 2.45) is 0 Å². The minimum Gasteiger partial charge on any atom is -0.324 e. The van der Waals surface area contributed by atoms with Crippen LogP contribution in [0, 0.1) is 0 Å². The number of aromatic nitrogens is 1. The number of nitrogens with zero attached hydrogens (tertiary/aromatic N) is 2. The Balaban J connectivity index is 1.58. The van der Waals surface area contributed by atoms with Crippen LogP contribution in [0.25, 0.3) is 10.9 Å². The van der Waals surface area contributed by atoms with Gasteiger partial charge >= 0.3 is 0 Å². The SMILES string of the molecule is CN(CCC(=O)Nc1cccc2cccnc12)C1CCS(=O)(=O)C1. The molecule has 2 aromatic rings. The summed E-state index contributed by atoms with van der Waals surface area (Å²) >= 11 is 0. The fraction of sp³-hybridized carbons (Fsp3) is 0.412. The van der Waals surface area contributed by atoms with Crippen LogP contribution < -0.4 is 5.32 Å². The van der Waals surface area contributed by atoms with E-state index in [4.69, 9.17) is 0 Å². The van der Waals surface area contributed by atoms with Crippen molar-refractivity contribution in [3.05, 3.63) is 36.5 Å². The van der Waals surface area contributed by atoms with E-state index in [1.165, 1.54) is 0 Å². The molecular weight excluding hydrogens is 326 g/mol. The van der Waals surface area contributed by atoms with Crippen LogP contribution in [0.4, 0.5) is 5.69 Å². The van der Waals surface area contributed by atoms with Gasteiger partial charge in [-0.15, -0.1) is 0 Å². The Labute approximate surface area is 141 Å². The molecule has 24 heavy (non-hydrogen) atoms. The number of carbonyl (C=O) groups excluding carboxylic acids is 1. The minimum absolute atomic E-state index is 0.0158. The zero-order valence-corrected chi connectivity index (χ0v) is 14.4. The number of amides is 1. The first-order valence-corrected chi connectivity index (χ1v) is 9.81. The predicted molar refractivity (Wildman–Crippen MR) is 94.7 cm³/mol. The van der Waals surface area contributed by atoms with Crippen molar-refractivity contribution in [1.29, 1.82) is 0 Å². The monoisotopic (exact) mass is 347 g/mol. The topological polar surface area (TPSA) is 79.4 Å². The Morgan fingerprint density at radius 3 is 2.88 bits per heavy atom. The normalized spacial score (nSPS) is 19.7. The molecule has 1 unspecified atom stereocenters. The van der Waals surface area contributed by atoms with E-state index in [2.05, 4.69) is 10.3 Å². The van der Waals surface area contributed by atoms with Gasteiger partial charge in [0.1, 0.15) is 0 Å². The first-order chi connectivity index (χ1) is 11.4. The number of pyridine rings is 1. The molecule has 6 nitrogen and oxygen atoms in total. The summed E-state index contributed by atoms with van der Waals surface area (Å²) in [5.74, 6) is 0.342. The fourth-order valence-electron chi connectivity index (χ4n) is 3.00. The Hall–Kier alpha value is -1.99. The number of rotatable bonds is 5. The molecule has 7 heteroatoms. The summed E-state index contributed by atoms with van der Waals surface area (Å²) in [4.78, 5) is 18.5. The third kappa shape index (κ3) is 3.91. The second kappa shape index (κ2) is 6.86. The van der Waals surface area contributed by atoms with E-state index in [0.29, 0.717) is 25.1 Å². The molecular formula is C17H21N3O3S. The summed E-state index contributed by atoms with van der Waals surface area (Å²) < 4.78 is 23.1. The van der Waals surface area contributed by atoms with Gasteiger partial charge in [0.2, 0.25) is 5.91 Å². The van der Waals surface area contributed by atoms with Gasteiger partial charge in [-0.3, -0.25) is 9.78 Å². The number of benzene rings is 1. The molecule has 1 N–H and O–H groups in total. The summed E-state index contributed by atoms with van der Waals surface area (Å²) in [5.41, 5.74) is 1.47. The van der Waals surface area contributed by atoms with Gasteiger partial charge in [-0.25, -0.2) is 8.42 Å². The van der Waals surface area contributed by atoms with Crippen LogP contribution >= 0.6 is 0 Å². The molecule has 1 fully saturated rings. The first-order valence-electron chi connectivity index (χ1n) is 7.99. The van der Waals surface area contributed by atoms with Crippen molar-refractivity contribution < 1.29 is 13.2 Å². The highest BCUT2D eigenvalue weighted by Gasteiger charge is 2.30. The molecule has 0 radical (unpaired) electrons. The molecule has 1 aromatic carbocycles. The lowest BCUT2D eigenvalue weighted by Crippen LogP contribution is -2.35. The van der Waals surface area contributed by atoms with Crippen molar-refractivity contribution in [3.8, 4) is 0 Å². The van der Waals surface area contributed by atoms with Crippen LogP contribution in [-0.2, 0) is 14.6 Å². The number of fused-ring (bicyclic) bond motifs is 1. The second-order valence-corrected chi connectivity index (χ2v) is 8.45. The molecule has 0 bridgehead atoms. The van der Waals surface area contributed by atoms with E-state index in [-0.39, 0.29) is 23.5 Å². The molecule has 1 saturated heterocycles. The summed E-state index contributed by atoms with van der Waals surface area (Å²) in [6.45, 7) is 0.532. The number of carbonyl (C=O) groups is 1. The van der Waals surface area contributed by atoms with Crippen LogP contribution in [0.3, 0.4) is 0 Å². The van der Waals surface area contributed by atoms with Crippen LogP contribution in [0.15, 0.2) is 36.5 Å². The van der Waals surface area contributed by atoms with Gasteiger partial charge in [0, 0.05) is 30.6 Å². The van der Waals surface area contributed by atoms with Gasteiger partial charge in [0.25, 0.3) is 0 Å². The maximum Gasteiger partial charge on any atom is 0.225 e. The highest BCUT2D eigenvalue weighted by Crippen LogP contribution is 2.21. The van der Waals surface area contributed by atoms with E-state index in [0.717, 1.165) is 10.9 Å². The molecule has 2 heterocycles. The Kier molecular flexibility index (Phi) is 4.82. The largest absolute Gasteiger partial charge is 0.324 e. The van der Waals surface area contributed by atoms with E-state index < -0.39 is 9.84 Å². The summed E-state index contributed by atoms with van der Waals surface area (Å²) in [6.07, 6.45) is 2.66. The second-order valence-electron chi connectivity index (χ2n) is 6.22. The molecule has 1 aliphatic rings. The number of para-hydroxylation sites is 1. The van der Waals surface area contributed by atoms with Crippen molar-refractivity contribution in [2.45, 2.75) is 18.9 Å². The predicted octanol–water partition coefficient (Wildman–Crippen LogP) is 1.68. The van der Waals surface area contributed by atoms with E-state index in [9.17, 15) is 13.2 Å². The molecule has 1 aliphatic heterocycles. The van der Waals surface area contributed by atoms with E-state index in [1.807, 2.05) is 42.3 Å². The number of anilines is 1. The molecule has 3 rings (SSSR count). The Morgan fingerprint density at radius 1 is 1.33 bits per heavy atom. The van der Waals surface area contributed by atoms with Gasteiger partial charge in [-0.2, -0.15) is 0 Å². The number of nitrogens with one attached hydrogen (secondary N) is 1. The van der Waals surface area contributed by atoms with Gasteiger partial charge in [-0.1, -0.05) is 18.2 Å². The minimum atomic E-state index is -2.90. The number of hydrogen-bond acceptors (Lipinski definition) is 5. The lowest BCUT2D eigenvalue weighted by molar-refractivity contribution is -0.116. The van der Waals surface area contributed by atoms with Crippen molar-refractivity contribution >= 4 is 32.3 Å². The molecule has 0 aliphatic carbocycles. The van der Waals surface area contributed by atoms with Gasteiger partial charge in [0.05, 0.1) is 22.7 Å². The van der Waals surface area contributed by atoms with Crippen LogP contribution in [0.5, 0.6) is 0 Å². The van der Waals surface area contributed by atoms with Gasteiger partial charge in [-0.05, 0) is 25.6 Å². The first kappa shape index (κ1) is 16.9. The molecule has 1 amide bonds. The summed E-state index contributed by atoms with van der Waals surface area (Å²) in [6, 6.07) is 9.49. The van der Waals surface area contributed by atoms with Crippen LogP contribution in [0.1, 0.15) is 12.8 Å². The number of hydrogen-bond donors (Lipinski definition) is 1. The lowest BCUT2D eigenvalue weighted by atomic mass is 10.2. The molecule has 1 aromatic heterocycles. The Bertz CT molecular complexity index is 846. The van der Waals surface area contributed by atoms with Gasteiger partial charge < -0.3 is 10.2 Å². The van der Waals surface area contributed by atoms with Crippen LogP contribution in [0.2, 0.25) is 0 Å². The van der Waals surface area contributed by atoms with Crippen LogP contribution in [-0.4, -0.2) is 55.3 Å². The van der Waals surface area contributed by atoms with Gasteiger partial charge in [0.15, 0.2) is 9.84 Å². The smallest absolute Gasteiger partial charge is 0.225 e. The number of sulfone groups is 1. The molecule has 0 saturated carbocycles. The zero-order valence-electron chi connectivity index (χ0n) is 13.6. The quantitative estimate of drug-likeness (QED) is 0.890. The maximum absolute atomic E-state index is 12.2. The highest BCUT2D eigenvalue weighted by molar-refractivity contribution is 7.91. The molecule has 128 valence electrons. The van der Waals surface area contributed by atoms with E-state index >= 15 is 0 Å². The Morgan fingerprint density at radius 2 is 2.12 bits per heavy atom. The fourth-order valence-corrected chi connectivity index (χ4v) is 4.81. The average molecular weight is 347 g/mol. The molecule has 0 spiro atoms. The van der Waals surface area contributed by atoms with Crippen molar-refractivity contribution in [1.82, 2.24) is 9.88 Å². The third-order valence-electron chi connectivity index (χ3n) is 4.43. The molecule has 1 atom stereocenters. The average Bonchev–Trinajstić information content (AvgIpc) is 2.93. The maximum atomic E-state index is 12.2. The third-order valence-corrected chi connectivity index (χ3v) is 6.18. The van der Waals surface area contributed by atoms with E-state index in [1.54, 1.807) is 6.20 Å².